The zero-order valence-electron chi connectivity index (χ0n) is 25.0. The number of hydrogen-bond acceptors (Lipinski definition) is 5. The number of imidazole rings is 1. The minimum absolute atomic E-state index is 0.0669. The molecule has 4 heterocycles. The molecule has 1 aliphatic rings. The number of nitrogens with one attached hydrogen (secondary N) is 3. The van der Waals surface area contributed by atoms with Crippen LogP contribution in [0.15, 0.2) is 65.8 Å². The first kappa shape index (κ1) is 30.2. The summed E-state index contributed by atoms with van der Waals surface area (Å²) in [6, 6.07) is 14.3. The molecular formula is C34H39ClFN7O. The molecule has 0 saturated carbocycles. The number of aromatic amines is 2. The molecule has 5 aromatic rings. The summed E-state index contributed by atoms with van der Waals surface area (Å²) in [5.74, 6) is 0.539. The highest BCUT2D eigenvalue weighted by molar-refractivity contribution is 6.31. The number of rotatable bonds is 11. The van der Waals surface area contributed by atoms with Crippen molar-refractivity contribution in [3.63, 3.8) is 0 Å². The van der Waals surface area contributed by atoms with Gasteiger partial charge in [0.25, 0.3) is 0 Å². The third kappa shape index (κ3) is 6.96. The Labute approximate surface area is 261 Å². The minimum Gasteiger partial charge on any atom is -0.349 e. The number of piperidine rings is 1. The second-order valence-corrected chi connectivity index (χ2v) is 12.5. The van der Waals surface area contributed by atoms with Gasteiger partial charge in [-0.15, -0.1) is 0 Å². The number of aromatic nitrogens is 5. The predicted octanol–water partition coefficient (Wildman–Crippen LogP) is 6.77. The Morgan fingerprint density at radius 1 is 1.14 bits per heavy atom. The fourth-order valence-corrected chi connectivity index (χ4v) is 6.51. The summed E-state index contributed by atoms with van der Waals surface area (Å²) in [6.45, 7) is 1.97. The Morgan fingerprint density at radius 3 is 2.75 bits per heavy atom. The Hall–Kier alpha value is -3.79. The van der Waals surface area contributed by atoms with Crippen LogP contribution in [0.2, 0.25) is 5.02 Å². The first-order valence-electron chi connectivity index (χ1n) is 15.5. The molecule has 0 radical (unpaired) electrons. The molecule has 1 fully saturated rings. The zero-order valence-corrected chi connectivity index (χ0v) is 25.7. The lowest BCUT2D eigenvalue weighted by Gasteiger charge is -2.31. The van der Waals surface area contributed by atoms with Crippen molar-refractivity contribution < 1.29 is 4.39 Å². The highest BCUT2D eigenvalue weighted by Gasteiger charge is 2.22. The monoisotopic (exact) mass is 615 g/mol. The lowest BCUT2D eigenvalue weighted by Crippen LogP contribution is -2.36. The number of benzene rings is 2. The molecule has 0 bridgehead atoms. The number of H-pyrrole nitrogens is 2. The average molecular weight is 616 g/mol. The molecule has 3 aromatic heterocycles. The SMILES string of the molecule is C[C@H](N)CCCc1cc(Cl)c(F)c(-c2cc3cn(-c4ccc([C@@H]5CCC[C@@H](CCCc6ncc[nH]6)N5)cc4)c(=O)nc3[nH]2)c1. The highest BCUT2D eigenvalue weighted by atomic mass is 35.5. The first-order chi connectivity index (χ1) is 21.3. The van der Waals surface area contributed by atoms with E-state index in [4.69, 9.17) is 17.3 Å². The third-order valence-corrected chi connectivity index (χ3v) is 8.86. The van der Waals surface area contributed by atoms with Crippen molar-refractivity contribution in [2.24, 2.45) is 5.73 Å². The molecular weight excluding hydrogens is 577 g/mol. The molecule has 0 amide bonds. The molecule has 0 unspecified atom stereocenters. The van der Waals surface area contributed by atoms with Crippen molar-refractivity contribution in [1.82, 2.24) is 29.8 Å². The molecule has 2 aromatic carbocycles. The van der Waals surface area contributed by atoms with Gasteiger partial charge in [0.2, 0.25) is 0 Å². The second-order valence-electron chi connectivity index (χ2n) is 12.1. The fraction of sp³-hybridized carbons (Fsp3) is 0.382. The summed E-state index contributed by atoms with van der Waals surface area (Å²) in [7, 11) is 0. The standard InChI is InChI=1S/C34H39ClFN7O/c1-21(37)5-2-6-22-17-27(32(36)28(35)18-22)30-19-24-20-43(34(44)42-33(24)41-30)26-13-11-23(12-14-26)29-9-3-7-25(40-29)8-4-10-31-38-15-16-39-31/h11-21,25,29,40H,2-10,37H2,1H3,(H,38,39)(H,41,42,44)/t21-,25-,29-/m0/s1. The Morgan fingerprint density at radius 2 is 1.98 bits per heavy atom. The smallest absolute Gasteiger partial charge is 0.349 e. The van der Waals surface area contributed by atoms with Crippen LogP contribution in [0.1, 0.15) is 74.9 Å². The maximum atomic E-state index is 15.1. The first-order valence-corrected chi connectivity index (χ1v) is 15.9. The summed E-state index contributed by atoms with van der Waals surface area (Å²) in [5.41, 5.74) is 9.63. The van der Waals surface area contributed by atoms with Gasteiger partial charge in [-0.1, -0.05) is 30.2 Å². The molecule has 1 aliphatic heterocycles. The molecule has 0 spiro atoms. The molecule has 5 N–H and O–H groups in total. The fourth-order valence-electron chi connectivity index (χ4n) is 6.27. The van der Waals surface area contributed by atoms with Crippen LogP contribution in [-0.2, 0) is 12.8 Å². The van der Waals surface area contributed by atoms with Crippen LogP contribution in [0.4, 0.5) is 4.39 Å². The van der Waals surface area contributed by atoms with Crippen LogP contribution >= 0.6 is 11.6 Å². The van der Waals surface area contributed by atoms with Gasteiger partial charge >= 0.3 is 5.69 Å². The van der Waals surface area contributed by atoms with Gasteiger partial charge < -0.3 is 21.0 Å². The van der Waals surface area contributed by atoms with Crippen LogP contribution in [0.25, 0.3) is 28.0 Å². The number of nitrogens with zero attached hydrogens (tertiary/aromatic N) is 3. The molecule has 3 atom stereocenters. The van der Waals surface area contributed by atoms with Gasteiger partial charge in [-0.25, -0.2) is 14.2 Å². The Balaban J connectivity index is 1.17. The third-order valence-electron chi connectivity index (χ3n) is 8.59. The summed E-state index contributed by atoms with van der Waals surface area (Å²) in [4.78, 5) is 28.0. The van der Waals surface area contributed by atoms with Crippen LogP contribution < -0.4 is 16.7 Å². The van der Waals surface area contributed by atoms with E-state index in [-0.39, 0.29) is 17.1 Å². The number of halogens is 2. The predicted molar refractivity (Wildman–Crippen MR) is 174 cm³/mol. The maximum absolute atomic E-state index is 15.1. The Kier molecular flexibility index (Phi) is 9.25. The molecule has 44 heavy (non-hydrogen) atoms. The van der Waals surface area contributed by atoms with E-state index in [0.29, 0.717) is 28.3 Å². The van der Waals surface area contributed by atoms with E-state index >= 15 is 4.39 Å². The van der Waals surface area contributed by atoms with E-state index in [1.165, 1.54) is 23.0 Å². The van der Waals surface area contributed by atoms with E-state index in [1.807, 2.05) is 31.3 Å². The summed E-state index contributed by atoms with van der Waals surface area (Å²) in [6.07, 6.45) is 14.5. The van der Waals surface area contributed by atoms with Crippen LogP contribution in [0.5, 0.6) is 0 Å². The van der Waals surface area contributed by atoms with Gasteiger partial charge in [-0.2, -0.15) is 4.98 Å². The zero-order chi connectivity index (χ0) is 30.6. The van der Waals surface area contributed by atoms with Crippen molar-refractivity contribution in [1.29, 1.82) is 0 Å². The molecule has 0 aliphatic carbocycles. The maximum Gasteiger partial charge on any atom is 0.354 e. The lowest BCUT2D eigenvalue weighted by atomic mass is 9.91. The van der Waals surface area contributed by atoms with Crippen molar-refractivity contribution in [3.8, 4) is 16.9 Å². The molecule has 6 rings (SSSR count). The largest absolute Gasteiger partial charge is 0.354 e. The number of fused-ring (bicyclic) bond motifs is 1. The van der Waals surface area contributed by atoms with Crippen molar-refractivity contribution in [2.45, 2.75) is 82.8 Å². The lowest BCUT2D eigenvalue weighted by molar-refractivity contribution is 0.307. The average Bonchev–Trinajstić information content (AvgIpc) is 3.68. The molecule has 1 saturated heterocycles. The summed E-state index contributed by atoms with van der Waals surface area (Å²) in [5, 5.41) is 4.60. The molecule has 8 nitrogen and oxygen atoms in total. The Bertz CT molecular complexity index is 1760. The van der Waals surface area contributed by atoms with Gasteiger partial charge in [0, 0.05) is 54.1 Å². The van der Waals surface area contributed by atoms with Crippen molar-refractivity contribution in [2.75, 3.05) is 0 Å². The van der Waals surface area contributed by atoms with E-state index in [2.05, 4.69) is 37.4 Å². The van der Waals surface area contributed by atoms with E-state index in [0.717, 1.165) is 62.0 Å². The van der Waals surface area contributed by atoms with E-state index < -0.39 is 11.5 Å². The second kappa shape index (κ2) is 13.5. The molecule has 10 heteroatoms. The number of aryl methyl sites for hydroxylation is 2. The van der Waals surface area contributed by atoms with Crippen LogP contribution in [-0.4, -0.2) is 36.6 Å². The van der Waals surface area contributed by atoms with Gasteiger partial charge in [0.15, 0.2) is 5.82 Å². The molecule has 230 valence electrons. The van der Waals surface area contributed by atoms with E-state index in [9.17, 15) is 4.79 Å². The topological polar surface area (TPSA) is 117 Å². The van der Waals surface area contributed by atoms with Crippen molar-refractivity contribution >= 4 is 22.6 Å². The number of hydrogen-bond donors (Lipinski definition) is 4. The van der Waals surface area contributed by atoms with Gasteiger partial charge in [-0.05, 0) is 93.3 Å². The van der Waals surface area contributed by atoms with Crippen molar-refractivity contribution in [3.05, 3.63) is 99.3 Å². The summed E-state index contributed by atoms with van der Waals surface area (Å²) >= 11 is 6.27. The van der Waals surface area contributed by atoms with Gasteiger partial charge in [0.1, 0.15) is 11.5 Å². The van der Waals surface area contributed by atoms with Crippen LogP contribution in [0.3, 0.4) is 0 Å². The summed E-state index contributed by atoms with van der Waals surface area (Å²) < 4.78 is 16.7. The van der Waals surface area contributed by atoms with Crippen LogP contribution in [0, 0.1) is 5.82 Å². The quantitative estimate of drug-likeness (QED) is 0.131. The van der Waals surface area contributed by atoms with Gasteiger partial charge in [-0.3, -0.25) is 4.57 Å². The van der Waals surface area contributed by atoms with Gasteiger partial charge in [0.05, 0.1) is 16.4 Å². The minimum atomic E-state index is -0.504. The number of nitrogens with two attached hydrogens (primary N) is 1. The van der Waals surface area contributed by atoms with E-state index in [1.54, 1.807) is 24.5 Å². The highest BCUT2D eigenvalue weighted by Crippen LogP contribution is 2.32. The normalized spacial score (nSPS) is 17.7.